The Bertz CT molecular complexity index is 530. The minimum Gasteiger partial charge on any atom is -0.328 e. The summed E-state index contributed by atoms with van der Waals surface area (Å²) in [6, 6.07) is 8.88. The highest BCUT2D eigenvalue weighted by atomic mass is 79.9. The van der Waals surface area contributed by atoms with Crippen LogP contribution in [0.4, 0.5) is 0 Å². The van der Waals surface area contributed by atoms with Gasteiger partial charge in [-0.05, 0) is 58.1 Å². The van der Waals surface area contributed by atoms with E-state index in [1.807, 2.05) is 20.8 Å². The van der Waals surface area contributed by atoms with Crippen LogP contribution in [0.15, 0.2) is 24.3 Å². The van der Waals surface area contributed by atoms with Gasteiger partial charge in [-0.15, -0.1) is 0 Å². The quantitative estimate of drug-likeness (QED) is 0.119. The van der Waals surface area contributed by atoms with Gasteiger partial charge in [-0.3, -0.25) is 0 Å². The molecule has 0 N–H and O–H groups in total. The Morgan fingerprint density at radius 1 is 0.833 bits per heavy atom. The van der Waals surface area contributed by atoms with Crippen molar-refractivity contribution in [1.82, 2.24) is 0 Å². The van der Waals surface area contributed by atoms with Crippen LogP contribution in [0, 0.1) is 5.92 Å². The van der Waals surface area contributed by atoms with E-state index in [2.05, 4.69) is 54.0 Å². The van der Waals surface area contributed by atoms with Crippen molar-refractivity contribution in [2.75, 3.05) is 19.8 Å². The van der Waals surface area contributed by atoms with Crippen molar-refractivity contribution in [1.29, 1.82) is 0 Å². The normalized spacial score (nSPS) is 14.1. The van der Waals surface area contributed by atoms with Gasteiger partial charge in [0.15, 0.2) is 0 Å². The Hall–Kier alpha value is -0.420. The van der Waals surface area contributed by atoms with Crippen LogP contribution in [-0.4, -0.2) is 25.8 Å². The van der Waals surface area contributed by atoms with E-state index in [9.17, 15) is 0 Å². The van der Waals surface area contributed by atoms with Crippen LogP contribution in [-0.2, 0) is 20.6 Å². The summed E-state index contributed by atoms with van der Waals surface area (Å²) in [6.45, 7) is 12.3. The Morgan fingerprint density at radius 3 is 2.00 bits per heavy atom. The van der Waals surface area contributed by atoms with Crippen molar-refractivity contribution in [3.8, 4) is 0 Å². The standard InChI is InChI=1S/C26H45BrO3/c1-6-10-11-12-13-14-18-25(26(28-7-2,29-8-3)30-9-4)20-19-23-16-15-17-24(21-23)22(5)27/h15-17,21-22,25H,6-14,18-20H2,1-5H3. The summed E-state index contributed by atoms with van der Waals surface area (Å²) in [5.74, 6) is -0.712. The van der Waals surface area contributed by atoms with Crippen LogP contribution in [0.2, 0.25) is 0 Å². The molecule has 0 spiro atoms. The molecule has 0 saturated heterocycles. The molecule has 0 bridgehead atoms. The van der Waals surface area contributed by atoms with Crippen LogP contribution in [0.1, 0.15) is 102 Å². The highest BCUT2D eigenvalue weighted by Crippen LogP contribution is 2.34. The number of benzene rings is 1. The first-order valence-electron chi connectivity index (χ1n) is 12.2. The highest BCUT2D eigenvalue weighted by molar-refractivity contribution is 9.09. The highest BCUT2D eigenvalue weighted by Gasteiger charge is 2.41. The summed E-state index contributed by atoms with van der Waals surface area (Å²) in [7, 11) is 0. The Labute approximate surface area is 194 Å². The van der Waals surface area contributed by atoms with Crippen LogP contribution in [0.5, 0.6) is 0 Å². The third kappa shape index (κ3) is 9.80. The number of rotatable bonds is 18. The van der Waals surface area contributed by atoms with Crippen molar-refractivity contribution in [2.45, 2.75) is 103 Å². The molecule has 0 aliphatic carbocycles. The molecule has 0 aromatic heterocycles. The maximum Gasteiger partial charge on any atom is 0.285 e. The lowest BCUT2D eigenvalue weighted by Crippen LogP contribution is -2.47. The number of hydrogen-bond acceptors (Lipinski definition) is 3. The van der Waals surface area contributed by atoms with Crippen molar-refractivity contribution in [3.63, 3.8) is 0 Å². The zero-order valence-corrected chi connectivity index (χ0v) is 21.6. The van der Waals surface area contributed by atoms with E-state index in [-0.39, 0.29) is 5.92 Å². The van der Waals surface area contributed by atoms with Crippen LogP contribution in [0.25, 0.3) is 0 Å². The third-order valence-electron chi connectivity index (χ3n) is 5.63. The number of halogens is 1. The summed E-state index contributed by atoms with van der Waals surface area (Å²) in [5, 5.41) is 0. The summed E-state index contributed by atoms with van der Waals surface area (Å²) in [6.07, 6.45) is 10.8. The molecule has 0 aliphatic heterocycles. The molecule has 3 nitrogen and oxygen atoms in total. The Balaban J connectivity index is 2.89. The second kappa shape index (κ2) is 16.2. The molecule has 0 amide bonds. The van der Waals surface area contributed by atoms with E-state index >= 15 is 0 Å². The predicted molar refractivity (Wildman–Crippen MR) is 131 cm³/mol. The minimum absolute atomic E-state index is 0.216. The van der Waals surface area contributed by atoms with Gasteiger partial charge in [-0.2, -0.15) is 0 Å². The molecule has 0 heterocycles. The van der Waals surface area contributed by atoms with Crippen molar-refractivity contribution in [3.05, 3.63) is 35.4 Å². The maximum atomic E-state index is 6.17. The van der Waals surface area contributed by atoms with Crippen molar-refractivity contribution >= 4 is 15.9 Å². The lowest BCUT2D eigenvalue weighted by Gasteiger charge is -2.39. The summed E-state index contributed by atoms with van der Waals surface area (Å²) in [5.41, 5.74) is 2.69. The summed E-state index contributed by atoms with van der Waals surface area (Å²) >= 11 is 3.69. The van der Waals surface area contributed by atoms with Gasteiger partial charge in [0.05, 0.1) is 0 Å². The predicted octanol–water partition coefficient (Wildman–Crippen LogP) is 8.21. The first kappa shape index (κ1) is 27.6. The molecule has 0 radical (unpaired) electrons. The largest absolute Gasteiger partial charge is 0.328 e. The third-order valence-corrected chi connectivity index (χ3v) is 6.16. The molecule has 174 valence electrons. The monoisotopic (exact) mass is 484 g/mol. The van der Waals surface area contributed by atoms with E-state index in [4.69, 9.17) is 14.2 Å². The molecule has 1 aromatic carbocycles. The molecule has 2 atom stereocenters. The fraction of sp³-hybridized carbons (Fsp3) is 0.769. The second-order valence-corrected chi connectivity index (χ2v) is 9.43. The summed E-state index contributed by atoms with van der Waals surface area (Å²) in [4.78, 5) is 0.366. The van der Waals surface area contributed by atoms with Gasteiger partial charge in [0, 0.05) is 30.6 Å². The number of aryl methyl sites for hydroxylation is 1. The average Bonchev–Trinajstić information content (AvgIpc) is 2.73. The number of ether oxygens (including phenoxy) is 3. The van der Waals surface area contributed by atoms with E-state index in [0.717, 1.165) is 19.3 Å². The van der Waals surface area contributed by atoms with E-state index < -0.39 is 5.97 Å². The molecule has 2 unspecified atom stereocenters. The van der Waals surface area contributed by atoms with Gasteiger partial charge >= 0.3 is 0 Å². The van der Waals surface area contributed by atoms with Gasteiger partial charge in [0.25, 0.3) is 5.97 Å². The van der Waals surface area contributed by atoms with Crippen LogP contribution >= 0.6 is 15.9 Å². The first-order valence-corrected chi connectivity index (χ1v) is 13.1. The molecule has 4 heteroatoms. The second-order valence-electron chi connectivity index (χ2n) is 8.06. The summed E-state index contributed by atoms with van der Waals surface area (Å²) < 4.78 is 18.5. The zero-order chi connectivity index (χ0) is 22.2. The average molecular weight is 486 g/mol. The number of alkyl halides is 1. The van der Waals surface area contributed by atoms with Gasteiger partial charge in [-0.1, -0.05) is 85.6 Å². The lowest BCUT2D eigenvalue weighted by atomic mass is 9.90. The molecule has 1 aromatic rings. The smallest absolute Gasteiger partial charge is 0.285 e. The van der Waals surface area contributed by atoms with Gasteiger partial charge in [-0.25, -0.2) is 0 Å². The van der Waals surface area contributed by atoms with E-state index in [0.29, 0.717) is 24.6 Å². The maximum absolute atomic E-state index is 6.17. The topological polar surface area (TPSA) is 27.7 Å². The zero-order valence-electron chi connectivity index (χ0n) is 20.1. The van der Waals surface area contributed by atoms with Crippen LogP contribution in [0.3, 0.4) is 0 Å². The molecule has 0 saturated carbocycles. The van der Waals surface area contributed by atoms with Crippen LogP contribution < -0.4 is 0 Å². The van der Waals surface area contributed by atoms with Gasteiger partial charge in [0.2, 0.25) is 0 Å². The minimum atomic E-state index is -0.929. The fourth-order valence-electron chi connectivity index (χ4n) is 4.09. The molecular weight excluding hydrogens is 440 g/mol. The van der Waals surface area contributed by atoms with E-state index in [1.165, 1.54) is 49.7 Å². The number of unbranched alkanes of at least 4 members (excludes halogenated alkanes) is 5. The molecular formula is C26H45BrO3. The number of hydrogen-bond donors (Lipinski definition) is 0. The first-order chi connectivity index (χ1) is 14.5. The molecule has 30 heavy (non-hydrogen) atoms. The SMILES string of the molecule is CCCCCCCCC(CCc1cccc(C(C)Br)c1)C(OCC)(OCC)OCC. The molecule has 0 fully saturated rings. The van der Waals surface area contributed by atoms with Crippen molar-refractivity contribution in [2.24, 2.45) is 5.92 Å². The Kier molecular flexibility index (Phi) is 15.0. The Morgan fingerprint density at radius 2 is 1.43 bits per heavy atom. The fourth-order valence-corrected chi connectivity index (χ4v) is 4.37. The molecule has 1 rings (SSSR count). The van der Waals surface area contributed by atoms with Gasteiger partial charge in [0.1, 0.15) is 0 Å². The molecule has 0 aliphatic rings. The van der Waals surface area contributed by atoms with Gasteiger partial charge < -0.3 is 14.2 Å². The lowest BCUT2D eigenvalue weighted by molar-refractivity contribution is -0.403. The van der Waals surface area contributed by atoms with Crippen molar-refractivity contribution < 1.29 is 14.2 Å². The van der Waals surface area contributed by atoms with E-state index in [1.54, 1.807) is 0 Å².